The molecule has 0 unspecified atom stereocenters. The Morgan fingerprint density at radius 3 is 3.15 bits per heavy atom. The smallest absolute Gasteiger partial charge is 0.295 e. The standard InChI is InChI=1S/C8H10N4O/c1-3-8(13)9-5-4-7-10-6-11-12(7)2/h1,6H,4-5H2,2H3,(H,9,13). The van der Waals surface area contributed by atoms with Gasteiger partial charge in [0.05, 0.1) is 0 Å². The molecule has 1 amide bonds. The zero-order valence-electron chi connectivity index (χ0n) is 7.32. The van der Waals surface area contributed by atoms with Crippen LogP contribution in [0.3, 0.4) is 0 Å². The van der Waals surface area contributed by atoms with Crippen LogP contribution in [0, 0.1) is 12.3 Å². The van der Waals surface area contributed by atoms with E-state index in [2.05, 4.69) is 15.4 Å². The number of rotatable bonds is 3. The maximum Gasteiger partial charge on any atom is 0.295 e. The average molecular weight is 178 g/mol. The van der Waals surface area contributed by atoms with Crippen LogP contribution < -0.4 is 5.32 Å². The third-order valence-corrected chi connectivity index (χ3v) is 1.57. The van der Waals surface area contributed by atoms with Gasteiger partial charge in [-0.1, -0.05) is 0 Å². The highest BCUT2D eigenvalue weighted by atomic mass is 16.1. The number of hydrogen-bond donors (Lipinski definition) is 1. The largest absolute Gasteiger partial charge is 0.345 e. The van der Waals surface area contributed by atoms with Gasteiger partial charge in [-0.25, -0.2) is 4.98 Å². The molecule has 0 aliphatic carbocycles. The Morgan fingerprint density at radius 2 is 2.62 bits per heavy atom. The minimum absolute atomic E-state index is 0.401. The van der Waals surface area contributed by atoms with Gasteiger partial charge in [-0.05, 0) is 5.92 Å². The van der Waals surface area contributed by atoms with E-state index in [1.165, 1.54) is 6.33 Å². The quantitative estimate of drug-likeness (QED) is 0.611. The van der Waals surface area contributed by atoms with Crippen LogP contribution in [-0.4, -0.2) is 27.2 Å². The zero-order chi connectivity index (χ0) is 9.68. The molecule has 0 saturated heterocycles. The molecule has 13 heavy (non-hydrogen) atoms. The number of hydrogen-bond acceptors (Lipinski definition) is 3. The van der Waals surface area contributed by atoms with Crippen LogP contribution in [0.5, 0.6) is 0 Å². The molecule has 0 aliphatic heterocycles. The Kier molecular flexibility index (Phi) is 3.03. The maximum absolute atomic E-state index is 10.6. The SMILES string of the molecule is C#CC(=O)NCCc1ncnn1C. The molecule has 1 aromatic rings. The van der Waals surface area contributed by atoms with E-state index in [0.717, 1.165) is 5.82 Å². The number of terminal acetylenes is 1. The molecule has 0 saturated carbocycles. The van der Waals surface area contributed by atoms with Gasteiger partial charge in [0.25, 0.3) is 5.91 Å². The molecule has 0 aliphatic rings. The summed E-state index contributed by atoms with van der Waals surface area (Å²) in [5.41, 5.74) is 0. The van der Waals surface area contributed by atoms with Crippen LogP contribution in [0.4, 0.5) is 0 Å². The molecule has 1 N–H and O–H groups in total. The van der Waals surface area contributed by atoms with E-state index in [9.17, 15) is 4.79 Å². The first-order chi connectivity index (χ1) is 6.24. The molecule has 0 atom stereocenters. The summed E-state index contributed by atoms with van der Waals surface area (Å²) in [6, 6.07) is 0. The van der Waals surface area contributed by atoms with Crippen molar-refractivity contribution in [1.29, 1.82) is 0 Å². The number of aryl methyl sites for hydroxylation is 1. The molecular formula is C8H10N4O. The van der Waals surface area contributed by atoms with Gasteiger partial charge in [0, 0.05) is 20.0 Å². The van der Waals surface area contributed by atoms with Crippen molar-refractivity contribution >= 4 is 5.91 Å². The summed E-state index contributed by atoms with van der Waals surface area (Å²) < 4.78 is 1.65. The van der Waals surface area contributed by atoms with Gasteiger partial charge >= 0.3 is 0 Å². The Hall–Kier alpha value is -1.83. The molecular weight excluding hydrogens is 168 g/mol. The van der Waals surface area contributed by atoms with Gasteiger partial charge in [0.15, 0.2) is 0 Å². The summed E-state index contributed by atoms with van der Waals surface area (Å²) in [5.74, 6) is 2.38. The molecule has 0 spiro atoms. The molecule has 5 nitrogen and oxygen atoms in total. The molecule has 5 heteroatoms. The van der Waals surface area contributed by atoms with Gasteiger partial charge in [-0.3, -0.25) is 9.48 Å². The molecule has 1 heterocycles. The highest BCUT2D eigenvalue weighted by Gasteiger charge is 2.00. The van der Waals surface area contributed by atoms with Gasteiger partial charge in [-0.15, -0.1) is 6.42 Å². The van der Waals surface area contributed by atoms with Crippen LogP contribution in [0.25, 0.3) is 0 Å². The Labute approximate surface area is 76.2 Å². The number of nitrogens with zero attached hydrogens (tertiary/aromatic N) is 3. The van der Waals surface area contributed by atoms with Crippen molar-refractivity contribution in [2.75, 3.05) is 6.54 Å². The minimum atomic E-state index is -0.401. The highest BCUT2D eigenvalue weighted by Crippen LogP contribution is 1.90. The van der Waals surface area contributed by atoms with Crippen LogP contribution in [0.2, 0.25) is 0 Å². The number of carbonyl (C=O) groups is 1. The molecule has 0 fully saturated rings. The first-order valence-electron chi connectivity index (χ1n) is 3.81. The molecule has 68 valence electrons. The Balaban J connectivity index is 2.33. The molecule has 1 rings (SSSR count). The second kappa shape index (κ2) is 4.26. The van der Waals surface area contributed by atoms with E-state index in [4.69, 9.17) is 6.42 Å². The lowest BCUT2D eigenvalue weighted by Gasteiger charge is -2.00. The summed E-state index contributed by atoms with van der Waals surface area (Å²) in [6.07, 6.45) is 6.97. The van der Waals surface area contributed by atoms with Crippen molar-refractivity contribution in [2.45, 2.75) is 6.42 Å². The summed E-state index contributed by atoms with van der Waals surface area (Å²) in [4.78, 5) is 14.6. The number of carbonyl (C=O) groups excluding carboxylic acids is 1. The Morgan fingerprint density at radius 1 is 1.85 bits per heavy atom. The van der Waals surface area contributed by atoms with Crippen LogP contribution in [0.15, 0.2) is 6.33 Å². The van der Waals surface area contributed by atoms with E-state index in [1.807, 2.05) is 5.92 Å². The third-order valence-electron chi connectivity index (χ3n) is 1.57. The van der Waals surface area contributed by atoms with Gasteiger partial charge in [0.1, 0.15) is 12.2 Å². The van der Waals surface area contributed by atoms with Crippen molar-refractivity contribution in [3.05, 3.63) is 12.2 Å². The fourth-order valence-corrected chi connectivity index (χ4v) is 0.885. The zero-order valence-corrected chi connectivity index (χ0v) is 7.32. The van der Waals surface area contributed by atoms with Crippen LogP contribution in [0.1, 0.15) is 5.82 Å². The highest BCUT2D eigenvalue weighted by molar-refractivity contribution is 5.92. The second-order valence-corrected chi connectivity index (χ2v) is 2.45. The van der Waals surface area contributed by atoms with E-state index in [1.54, 1.807) is 11.7 Å². The predicted octanol–water partition coefficient (Wildman–Crippen LogP) is -0.893. The van der Waals surface area contributed by atoms with Crippen molar-refractivity contribution in [1.82, 2.24) is 20.1 Å². The fourth-order valence-electron chi connectivity index (χ4n) is 0.885. The molecule has 0 radical (unpaired) electrons. The van der Waals surface area contributed by atoms with E-state index in [-0.39, 0.29) is 0 Å². The normalized spacial score (nSPS) is 9.23. The predicted molar refractivity (Wildman–Crippen MR) is 46.5 cm³/mol. The van der Waals surface area contributed by atoms with E-state index < -0.39 is 5.91 Å². The van der Waals surface area contributed by atoms with E-state index in [0.29, 0.717) is 13.0 Å². The second-order valence-electron chi connectivity index (χ2n) is 2.45. The summed E-state index contributed by atoms with van der Waals surface area (Å²) in [5, 5.41) is 6.43. The van der Waals surface area contributed by atoms with Gasteiger partial charge in [-0.2, -0.15) is 5.10 Å². The lowest BCUT2D eigenvalue weighted by molar-refractivity contribution is -0.115. The van der Waals surface area contributed by atoms with Gasteiger partial charge < -0.3 is 5.32 Å². The summed E-state index contributed by atoms with van der Waals surface area (Å²) >= 11 is 0. The number of aromatic nitrogens is 3. The number of amides is 1. The fraction of sp³-hybridized carbons (Fsp3) is 0.375. The lowest BCUT2D eigenvalue weighted by atomic mass is 10.4. The number of nitrogens with one attached hydrogen (secondary N) is 1. The van der Waals surface area contributed by atoms with E-state index >= 15 is 0 Å². The van der Waals surface area contributed by atoms with Crippen LogP contribution >= 0.6 is 0 Å². The first-order valence-corrected chi connectivity index (χ1v) is 3.81. The third kappa shape index (κ3) is 2.60. The maximum atomic E-state index is 10.6. The average Bonchev–Trinajstić information content (AvgIpc) is 2.52. The molecule has 1 aromatic heterocycles. The van der Waals surface area contributed by atoms with Crippen molar-refractivity contribution in [3.8, 4) is 12.3 Å². The monoisotopic (exact) mass is 178 g/mol. The minimum Gasteiger partial charge on any atom is -0.345 e. The lowest BCUT2D eigenvalue weighted by Crippen LogP contribution is -2.24. The van der Waals surface area contributed by atoms with Crippen molar-refractivity contribution in [3.63, 3.8) is 0 Å². The molecule has 0 aromatic carbocycles. The van der Waals surface area contributed by atoms with Crippen molar-refractivity contribution in [2.24, 2.45) is 7.05 Å². The summed E-state index contributed by atoms with van der Waals surface area (Å²) in [6.45, 7) is 0.482. The molecule has 0 bridgehead atoms. The topological polar surface area (TPSA) is 59.8 Å². The van der Waals surface area contributed by atoms with Crippen molar-refractivity contribution < 1.29 is 4.79 Å². The Bertz CT molecular complexity index is 336. The summed E-state index contributed by atoms with van der Waals surface area (Å²) in [7, 11) is 1.80. The van der Waals surface area contributed by atoms with Gasteiger partial charge in [0.2, 0.25) is 0 Å². The first kappa shape index (κ1) is 9.26. The van der Waals surface area contributed by atoms with Crippen LogP contribution in [-0.2, 0) is 18.3 Å².